The van der Waals surface area contributed by atoms with Crippen molar-refractivity contribution in [3.8, 4) is 0 Å². The minimum Gasteiger partial charge on any atom is -0.326 e. The average Bonchev–Trinajstić information content (AvgIpc) is 2.25. The van der Waals surface area contributed by atoms with Crippen LogP contribution < -0.4 is 5.73 Å². The van der Waals surface area contributed by atoms with E-state index in [4.69, 9.17) is 5.73 Å². The van der Waals surface area contributed by atoms with Crippen molar-refractivity contribution >= 4 is 0 Å². The summed E-state index contributed by atoms with van der Waals surface area (Å²) in [6, 6.07) is 8.89. The highest BCUT2D eigenvalue weighted by Gasteiger charge is 2.34. The van der Waals surface area contributed by atoms with Gasteiger partial charge in [0, 0.05) is 5.54 Å². The highest BCUT2D eigenvalue weighted by molar-refractivity contribution is 5.39. The summed E-state index contributed by atoms with van der Waals surface area (Å²) in [6.07, 6.45) is 0.977. The molecule has 0 aromatic heterocycles. The molecule has 0 fully saturated rings. The first-order valence-corrected chi connectivity index (χ1v) is 7.77. The Morgan fingerprint density at radius 1 is 0.900 bits per heavy atom. The lowest BCUT2D eigenvalue weighted by molar-refractivity contribution is 0.328. The molecule has 1 aromatic rings. The highest BCUT2D eigenvalue weighted by atomic mass is 14.7. The lowest BCUT2D eigenvalue weighted by Crippen LogP contribution is -2.40. The predicted octanol–water partition coefficient (Wildman–Crippen LogP) is 5.03. The van der Waals surface area contributed by atoms with Crippen molar-refractivity contribution in [3.63, 3.8) is 0 Å². The summed E-state index contributed by atoms with van der Waals surface area (Å²) in [5, 5.41) is 0. The van der Waals surface area contributed by atoms with E-state index in [9.17, 15) is 0 Å². The summed E-state index contributed by atoms with van der Waals surface area (Å²) in [6.45, 7) is 18.2. The van der Waals surface area contributed by atoms with Crippen molar-refractivity contribution in [2.24, 2.45) is 11.7 Å². The van der Waals surface area contributed by atoms with Gasteiger partial charge in [-0.2, -0.15) is 0 Å². The van der Waals surface area contributed by atoms with Crippen LogP contribution in [-0.4, -0.2) is 5.54 Å². The number of nitrogens with two attached hydrogens (primary N) is 1. The summed E-state index contributed by atoms with van der Waals surface area (Å²) in [5.41, 5.74) is 9.29. The van der Waals surface area contributed by atoms with Crippen LogP contribution in [0, 0.1) is 5.92 Å². The van der Waals surface area contributed by atoms with E-state index in [0.29, 0.717) is 5.92 Å². The van der Waals surface area contributed by atoms with Gasteiger partial charge in [-0.3, -0.25) is 0 Å². The van der Waals surface area contributed by atoms with Gasteiger partial charge < -0.3 is 5.73 Å². The van der Waals surface area contributed by atoms with E-state index in [0.717, 1.165) is 6.42 Å². The highest BCUT2D eigenvalue weighted by Crippen LogP contribution is 2.40. The molecule has 0 aliphatic carbocycles. The molecule has 2 N–H and O–H groups in total. The van der Waals surface area contributed by atoms with Gasteiger partial charge in [0.25, 0.3) is 0 Å². The van der Waals surface area contributed by atoms with Crippen LogP contribution in [0.15, 0.2) is 24.3 Å². The molecular formula is C19H33N. The Hall–Kier alpha value is -0.820. The molecule has 20 heavy (non-hydrogen) atoms. The van der Waals surface area contributed by atoms with Crippen molar-refractivity contribution < 1.29 is 0 Å². The van der Waals surface area contributed by atoms with Gasteiger partial charge in [-0.25, -0.2) is 0 Å². The zero-order chi connectivity index (χ0) is 15.8. The number of rotatable bonds is 5. The van der Waals surface area contributed by atoms with E-state index in [-0.39, 0.29) is 16.4 Å². The first-order chi connectivity index (χ1) is 8.88. The quantitative estimate of drug-likeness (QED) is 0.801. The van der Waals surface area contributed by atoms with E-state index in [1.807, 2.05) is 0 Å². The molecule has 0 amide bonds. The van der Waals surface area contributed by atoms with E-state index in [1.54, 1.807) is 0 Å². The molecule has 114 valence electrons. The fourth-order valence-electron chi connectivity index (χ4n) is 3.18. The van der Waals surface area contributed by atoms with E-state index >= 15 is 0 Å². The van der Waals surface area contributed by atoms with Gasteiger partial charge in [-0.05, 0) is 48.1 Å². The average molecular weight is 275 g/mol. The summed E-state index contributed by atoms with van der Waals surface area (Å²) >= 11 is 0. The normalized spacial score (nSPS) is 13.9. The van der Waals surface area contributed by atoms with E-state index in [1.165, 1.54) is 11.1 Å². The fraction of sp³-hybridized carbons (Fsp3) is 0.684. The van der Waals surface area contributed by atoms with Crippen LogP contribution in [-0.2, 0) is 10.8 Å². The van der Waals surface area contributed by atoms with Crippen molar-refractivity contribution in [3.05, 3.63) is 35.4 Å². The molecule has 0 heterocycles. The first-order valence-electron chi connectivity index (χ1n) is 7.77. The summed E-state index contributed by atoms with van der Waals surface area (Å²) in [4.78, 5) is 0. The summed E-state index contributed by atoms with van der Waals surface area (Å²) in [5.74, 6) is 0.602. The molecule has 0 aliphatic rings. The van der Waals surface area contributed by atoms with Gasteiger partial charge in [0.05, 0.1) is 0 Å². The van der Waals surface area contributed by atoms with Crippen molar-refractivity contribution in [2.75, 3.05) is 0 Å². The van der Waals surface area contributed by atoms with Crippen LogP contribution in [0.1, 0.15) is 72.9 Å². The van der Waals surface area contributed by atoms with Gasteiger partial charge >= 0.3 is 0 Å². The van der Waals surface area contributed by atoms with Crippen molar-refractivity contribution in [1.29, 1.82) is 0 Å². The van der Waals surface area contributed by atoms with Crippen LogP contribution in [0.2, 0.25) is 0 Å². The topological polar surface area (TPSA) is 26.0 Å². The Labute approximate surface area is 126 Å². The third-order valence-electron chi connectivity index (χ3n) is 4.69. The fourth-order valence-corrected chi connectivity index (χ4v) is 3.18. The van der Waals surface area contributed by atoms with Gasteiger partial charge in [-0.1, -0.05) is 65.8 Å². The molecular weight excluding hydrogens is 242 g/mol. The molecule has 1 nitrogen and oxygen atoms in total. The Bertz CT molecular complexity index is 447. The second-order valence-corrected chi connectivity index (χ2v) is 8.47. The van der Waals surface area contributed by atoms with Gasteiger partial charge in [0.1, 0.15) is 0 Å². The zero-order valence-corrected chi connectivity index (χ0v) is 14.7. The molecule has 0 bridgehead atoms. The Morgan fingerprint density at radius 3 is 1.75 bits per heavy atom. The maximum atomic E-state index is 6.28. The van der Waals surface area contributed by atoms with Crippen LogP contribution in [0.3, 0.4) is 0 Å². The maximum Gasteiger partial charge on any atom is 0.0105 e. The number of benzene rings is 1. The second-order valence-electron chi connectivity index (χ2n) is 8.47. The van der Waals surface area contributed by atoms with Gasteiger partial charge in [-0.15, -0.1) is 0 Å². The molecule has 1 rings (SSSR count). The third kappa shape index (κ3) is 3.85. The monoisotopic (exact) mass is 275 g/mol. The Morgan fingerprint density at radius 2 is 1.35 bits per heavy atom. The zero-order valence-electron chi connectivity index (χ0n) is 14.7. The molecule has 0 saturated carbocycles. The Balaban J connectivity index is 3.33. The molecule has 1 aromatic carbocycles. The lowest BCUT2D eigenvalue weighted by Gasteiger charge is -2.39. The summed E-state index contributed by atoms with van der Waals surface area (Å²) in [7, 11) is 0. The van der Waals surface area contributed by atoms with Gasteiger partial charge in [0.15, 0.2) is 0 Å². The van der Waals surface area contributed by atoms with Crippen LogP contribution >= 0.6 is 0 Å². The molecule has 0 aliphatic heterocycles. The number of hydrogen-bond acceptors (Lipinski definition) is 1. The third-order valence-corrected chi connectivity index (χ3v) is 4.69. The molecule has 0 spiro atoms. The first kappa shape index (κ1) is 17.2. The summed E-state index contributed by atoms with van der Waals surface area (Å²) < 4.78 is 0. The Kier molecular flexibility index (Phi) is 4.76. The lowest BCUT2D eigenvalue weighted by atomic mass is 9.66. The van der Waals surface area contributed by atoms with Crippen molar-refractivity contribution in [1.82, 2.24) is 0 Å². The van der Waals surface area contributed by atoms with Crippen molar-refractivity contribution in [2.45, 2.75) is 78.2 Å². The standard InChI is InChI=1S/C19H33N/c1-14(2)19(7,8)16-12-10-9-11-15(16)17(3,4)13-18(5,6)20/h9-12,14H,13,20H2,1-8H3. The molecule has 0 unspecified atom stereocenters. The minimum absolute atomic E-state index is 0.0843. The predicted molar refractivity (Wildman–Crippen MR) is 90.2 cm³/mol. The smallest absolute Gasteiger partial charge is 0.0105 e. The molecule has 0 radical (unpaired) electrons. The maximum absolute atomic E-state index is 6.28. The molecule has 0 atom stereocenters. The van der Waals surface area contributed by atoms with E-state index in [2.05, 4.69) is 79.7 Å². The SMILES string of the molecule is CC(C)C(C)(C)c1ccccc1C(C)(C)CC(C)(C)N. The number of hydrogen-bond donors (Lipinski definition) is 1. The molecule has 1 heteroatoms. The van der Waals surface area contributed by atoms with Crippen LogP contribution in [0.4, 0.5) is 0 Å². The van der Waals surface area contributed by atoms with E-state index < -0.39 is 0 Å². The van der Waals surface area contributed by atoms with Crippen LogP contribution in [0.25, 0.3) is 0 Å². The molecule has 0 saturated heterocycles. The largest absolute Gasteiger partial charge is 0.326 e. The van der Waals surface area contributed by atoms with Crippen LogP contribution in [0.5, 0.6) is 0 Å². The van der Waals surface area contributed by atoms with Gasteiger partial charge in [0.2, 0.25) is 0 Å². The minimum atomic E-state index is -0.154. The second kappa shape index (κ2) is 5.52.